The SMILES string of the molecule is CCCCN(CCN)C(=O)CN1C[C@H](c2cc(OC)c3c(c2)OCO3)C(C(=O)O)[C@@H]1CCc1ccncn1. The average molecular weight is 528 g/mol. The first-order valence-corrected chi connectivity index (χ1v) is 13.1. The molecule has 0 saturated carbocycles. The minimum atomic E-state index is -0.904. The van der Waals surface area contributed by atoms with E-state index < -0.39 is 11.9 Å². The minimum absolute atomic E-state index is 0.0380. The largest absolute Gasteiger partial charge is 0.493 e. The Labute approximate surface area is 222 Å². The number of aryl methyl sites for hydroxylation is 1. The highest BCUT2D eigenvalue weighted by atomic mass is 16.7. The summed E-state index contributed by atoms with van der Waals surface area (Å²) in [6.45, 7) is 4.18. The standard InChI is InChI=1S/C27H37N5O6/c1-3-4-10-31(11-8-28)24(33)15-32-14-20(18-12-22(36-2)26-23(13-18)37-17-38-26)25(27(34)35)21(32)6-5-19-7-9-29-16-30-19/h7,9,12-13,16,20-21,25H,3-6,8,10-11,14-15,17,28H2,1-2H3,(H,34,35)/t20-,21+,25?/m1/s1. The van der Waals surface area contributed by atoms with Crippen LogP contribution in [0.15, 0.2) is 30.7 Å². The van der Waals surface area contributed by atoms with Crippen molar-refractivity contribution < 1.29 is 28.9 Å². The topological polar surface area (TPSA) is 140 Å². The summed E-state index contributed by atoms with van der Waals surface area (Å²) in [7, 11) is 1.54. The monoisotopic (exact) mass is 527 g/mol. The summed E-state index contributed by atoms with van der Waals surface area (Å²) in [6.07, 6.45) is 6.12. The normalized spacial score (nSPS) is 20.4. The van der Waals surface area contributed by atoms with Crippen LogP contribution >= 0.6 is 0 Å². The van der Waals surface area contributed by atoms with E-state index >= 15 is 0 Å². The van der Waals surface area contributed by atoms with E-state index in [-0.39, 0.29) is 31.2 Å². The van der Waals surface area contributed by atoms with Crippen LogP contribution in [0, 0.1) is 5.92 Å². The van der Waals surface area contributed by atoms with Crippen LogP contribution in [-0.4, -0.2) is 89.4 Å². The number of nitrogens with two attached hydrogens (primary N) is 1. The van der Waals surface area contributed by atoms with E-state index in [4.69, 9.17) is 19.9 Å². The van der Waals surface area contributed by atoms with E-state index in [0.717, 1.165) is 24.1 Å². The fourth-order valence-electron chi connectivity index (χ4n) is 5.46. The zero-order valence-electron chi connectivity index (χ0n) is 22.0. The molecule has 2 aliphatic heterocycles. The number of carbonyl (C=O) groups is 2. The number of fused-ring (bicyclic) bond motifs is 1. The number of carbonyl (C=O) groups excluding carboxylic acids is 1. The molecule has 1 aromatic carbocycles. The molecule has 3 N–H and O–H groups in total. The van der Waals surface area contributed by atoms with Crippen LogP contribution in [0.25, 0.3) is 0 Å². The number of carboxylic acid groups (broad SMARTS) is 1. The summed E-state index contributed by atoms with van der Waals surface area (Å²) in [5.74, 6) is -0.514. The van der Waals surface area contributed by atoms with Crippen molar-refractivity contribution in [1.82, 2.24) is 19.8 Å². The van der Waals surface area contributed by atoms with Crippen LogP contribution < -0.4 is 19.9 Å². The second-order valence-electron chi connectivity index (χ2n) is 9.69. The van der Waals surface area contributed by atoms with Gasteiger partial charge in [-0.2, -0.15) is 0 Å². The second-order valence-corrected chi connectivity index (χ2v) is 9.69. The number of hydrogen-bond donors (Lipinski definition) is 2. The first-order valence-electron chi connectivity index (χ1n) is 13.1. The molecule has 11 nitrogen and oxygen atoms in total. The lowest BCUT2D eigenvalue weighted by Crippen LogP contribution is -2.45. The van der Waals surface area contributed by atoms with Crippen LogP contribution in [0.5, 0.6) is 17.2 Å². The van der Waals surface area contributed by atoms with E-state index in [1.54, 1.807) is 18.2 Å². The first-order chi connectivity index (χ1) is 18.5. The van der Waals surface area contributed by atoms with E-state index in [0.29, 0.717) is 56.3 Å². The maximum atomic E-state index is 13.4. The Hall–Kier alpha value is -3.44. The number of nitrogens with zero attached hydrogens (tertiary/aromatic N) is 4. The Morgan fingerprint density at radius 2 is 2.13 bits per heavy atom. The molecule has 11 heteroatoms. The maximum Gasteiger partial charge on any atom is 0.308 e. The molecule has 2 aliphatic rings. The zero-order chi connectivity index (χ0) is 27.1. The van der Waals surface area contributed by atoms with Gasteiger partial charge in [0.05, 0.1) is 19.6 Å². The number of methoxy groups -OCH3 is 1. The molecular weight excluding hydrogens is 490 g/mol. The number of likely N-dealkylation sites (tertiary alicyclic amines) is 1. The number of benzene rings is 1. The molecule has 0 radical (unpaired) electrons. The molecule has 0 aliphatic carbocycles. The van der Waals surface area contributed by atoms with Crippen LogP contribution in [0.2, 0.25) is 0 Å². The molecule has 38 heavy (non-hydrogen) atoms. The molecule has 1 saturated heterocycles. The van der Waals surface area contributed by atoms with Crippen molar-refractivity contribution in [3.8, 4) is 17.2 Å². The van der Waals surface area contributed by atoms with Gasteiger partial charge in [-0.3, -0.25) is 14.5 Å². The fourth-order valence-corrected chi connectivity index (χ4v) is 5.46. The van der Waals surface area contributed by atoms with Gasteiger partial charge < -0.3 is 30.0 Å². The quantitative estimate of drug-likeness (QED) is 0.397. The molecule has 1 fully saturated rings. The van der Waals surface area contributed by atoms with E-state index in [1.165, 1.54) is 6.33 Å². The Morgan fingerprint density at radius 3 is 2.82 bits per heavy atom. The third kappa shape index (κ3) is 6.16. The van der Waals surface area contributed by atoms with Gasteiger partial charge in [-0.15, -0.1) is 0 Å². The van der Waals surface area contributed by atoms with Gasteiger partial charge >= 0.3 is 5.97 Å². The van der Waals surface area contributed by atoms with Crippen LogP contribution in [-0.2, 0) is 16.0 Å². The maximum absolute atomic E-state index is 13.4. The molecule has 206 valence electrons. The number of aliphatic carboxylic acids is 1. The number of rotatable bonds is 13. The van der Waals surface area contributed by atoms with Crippen molar-refractivity contribution in [2.75, 3.05) is 46.6 Å². The highest BCUT2D eigenvalue weighted by Crippen LogP contribution is 2.47. The highest BCUT2D eigenvalue weighted by Gasteiger charge is 2.47. The van der Waals surface area contributed by atoms with Crippen molar-refractivity contribution in [3.63, 3.8) is 0 Å². The Morgan fingerprint density at radius 1 is 1.29 bits per heavy atom. The van der Waals surface area contributed by atoms with Gasteiger partial charge in [-0.1, -0.05) is 13.3 Å². The van der Waals surface area contributed by atoms with Gasteiger partial charge in [0.1, 0.15) is 6.33 Å². The molecule has 2 aromatic rings. The van der Waals surface area contributed by atoms with Crippen LogP contribution in [0.3, 0.4) is 0 Å². The number of aromatic nitrogens is 2. The fraction of sp³-hybridized carbons (Fsp3) is 0.556. The van der Waals surface area contributed by atoms with Gasteiger partial charge in [0, 0.05) is 50.0 Å². The summed E-state index contributed by atoms with van der Waals surface area (Å²) in [4.78, 5) is 38.2. The Kier molecular flexibility index (Phi) is 9.35. The number of amides is 1. The summed E-state index contributed by atoms with van der Waals surface area (Å²) < 4.78 is 16.7. The summed E-state index contributed by atoms with van der Waals surface area (Å²) in [6, 6.07) is 5.11. The van der Waals surface area contributed by atoms with Gasteiger partial charge in [-0.25, -0.2) is 9.97 Å². The van der Waals surface area contributed by atoms with Crippen LogP contribution in [0.4, 0.5) is 0 Å². The molecule has 0 bridgehead atoms. The first kappa shape index (κ1) is 27.6. The summed E-state index contributed by atoms with van der Waals surface area (Å²) >= 11 is 0. The molecule has 1 unspecified atom stereocenters. The summed E-state index contributed by atoms with van der Waals surface area (Å²) in [5.41, 5.74) is 7.40. The van der Waals surface area contributed by atoms with E-state index in [1.807, 2.05) is 23.1 Å². The van der Waals surface area contributed by atoms with Crippen molar-refractivity contribution in [3.05, 3.63) is 42.0 Å². The molecular formula is C27H37N5O6. The molecule has 3 heterocycles. The highest BCUT2D eigenvalue weighted by molar-refractivity contribution is 5.79. The lowest BCUT2D eigenvalue weighted by molar-refractivity contribution is -0.143. The third-order valence-electron chi connectivity index (χ3n) is 7.35. The van der Waals surface area contributed by atoms with Crippen molar-refractivity contribution in [2.24, 2.45) is 11.7 Å². The Balaban J connectivity index is 1.64. The van der Waals surface area contributed by atoms with Gasteiger partial charge in [0.15, 0.2) is 11.5 Å². The number of carboxylic acids is 1. The molecule has 0 spiro atoms. The Bertz CT molecular complexity index is 1100. The molecule has 3 atom stereocenters. The smallest absolute Gasteiger partial charge is 0.308 e. The number of unbranched alkanes of at least 4 members (excludes halogenated alkanes) is 1. The molecule has 4 rings (SSSR count). The van der Waals surface area contributed by atoms with Gasteiger partial charge in [0.2, 0.25) is 18.4 Å². The molecule has 1 amide bonds. The van der Waals surface area contributed by atoms with Crippen molar-refractivity contribution in [1.29, 1.82) is 0 Å². The lowest BCUT2D eigenvalue weighted by atomic mass is 9.83. The van der Waals surface area contributed by atoms with Gasteiger partial charge in [0.25, 0.3) is 0 Å². The second kappa shape index (κ2) is 12.9. The minimum Gasteiger partial charge on any atom is -0.493 e. The number of hydrogen-bond acceptors (Lipinski definition) is 9. The predicted octanol–water partition coefficient (Wildman–Crippen LogP) is 1.90. The van der Waals surface area contributed by atoms with E-state index in [2.05, 4.69) is 16.9 Å². The zero-order valence-corrected chi connectivity index (χ0v) is 22.0. The molecule has 1 aromatic heterocycles. The third-order valence-corrected chi connectivity index (χ3v) is 7.35. The number of ether oxygens (including phenoxy) is 3. The average Bonchev–Trinajstić information content (AvgIpc) is 3.54. The van der Waals surface area contributed by atoms with Crippen molar-refractivity contribution in [2.45, 2.75) is 44.6 Å². The van der Waals surface area contributed by atoms with E-state index in [9.17, 15) is 14.7 Å². The predicted molar refractivity (Wildman–Crippen MR) is 139 cm³/mol. The van der Waals surface area contributed by atoms with Crippen LogP contribution in [0.1, 0.15) is 43.4 Å². The lowest BCUT2D eigenvalue weighted by Gasteiger charge is -2.29. The van der Waals surface area contributed by atoms with Crippen molar-refractivity contribution >= 4 is 11.9 Å². The van der Waals surface area contributed by atoms with Gasteiger partial charge in [-0.05, 0) is 43.0 Å². The summed E-state index contributed by atoms with van der Waals surface area (Å²) in [5, 5.41) is 10.4.